The summed E-state index contributed by atoms with van der Waals surface area (Å²) in [5, 5.41) is 16.5. The van der Waals surface area contributed by atoms with E-state index < -0.39 is 18.0 Å². The van der Waals surface area contributed by atoms with Crippen molar-refractivity contribution in [2.24, 2.45) is 0 Å². The molecule has 0 saturated carbocycles. The van der Waals surface area contributed by atoms with E-state index >= 15 is 0 Å². The van der Waals surface area contributed by atoms with Gasteiger partial charge in [-0.15, -0.1) is 0 Å². The van der Waals surface area contributed by atoms with E-state index in [1.807, 2.05) is 36.4 Å². The van der Waals surface area contributed by atoms with E-state index in [1.165, 1.54) is 11.0 Å². The Morgan fingerprint density at radius 2 is 1.73 bits per heavy atom. The number of nitriles is 1. The van der Waals surface area contributed by atoms with Crippen molar-refractivity contribution in [3.63, 3.8) is 0 Å². The van der Waals surface area contributed by atoms with Crippen molar-refractivity contribution < 1.29 is 14.4 Å². The van der Waals surface area contributed by atoms with E-state index in [1.54, 1.807) is 30.3 Å². The van der Waals surface area contributed by atoms with Gasteiger partial charge in [0, 0.05) is 58.6 Å². The zero-order chi connectivity index (χ0) is 25.9. The molecule has 0 unspecified atom stereocenters. The lowest BCUT2D eigenvalue weighted by atomic mass is 10.1. The van der Waals surface area contributed by atoms with Crippen LogP contribution in [-0.2, 0) is 11.3 Å². The number of nitrogens with one attached hydrogen (secondary N) is 2. The molecule has 5 rings (SSSR count). The van der Waals surface area contributed by atoms with E-state index in [4.69, 9.17) is 5.26 Å². The lowest BCUT2D eigenvalue weighted by Crippen LogP contribution is -2.49. The van der Waals surface area contributed by atoms with Gasteiger partial charge in [0.05, 0.1) is 6.07 Å². The quantitative estimate of drug-likeness (QED) is 0.399. The molecule has 8 nitrogen and oxygen atoms in total. The minimum atomic E-state index is -0.865. The highest BCUT2D eigenvalue weighted by atomic mass is 16.2. The van der Waals surface area contributed by atoms with Crippen LogP contribution in [0.2, 0.25) is 0 Å². The number of para-hydroxylation sites is 1. The third-order valence-electron chi connectivity index (χ3n) is 6.65. The van der Waals surface area contributed by atoms with Gasteiger partial charge < -0.3 is 14.8 Å². The fraction of sp³-hybridized carbons (Fsp3) is 0.172. The summed E-state index contributed by atoms with van der Waals surface area (Å²) in [6.45, 7) is 3.00. The minimum Gasteiger partial charge on any atom is -0.341 e. The first kappa shape index (κ1) is 23.8. The second-order valence-electron chi connectivity index (χ2n) is 8.89. The third kappa shape index (κ3) is 4.55. The largest absolute Gasteiger partial charge is 0.341 e. The number of carbonyl (C=O) groups is 3. The second kappa shape index (κ2) is 9.99. The maximum absolute atomic E-state index is 13.4. The molecule has 184 valence electrons. The van der Waals surface area contributed by atoms with Gasteiger partial charge in [0.25, 0.3) is 5.91 Å². The van der Waals surface area contributed by atoms with Crippen LogP contribution in [0.25, 0.3) is 21.8 Å². The van der Waals surface area contributed by atoms with Crippen LogP contribution in [0.15, 0.2) is 84.4 Å². The number of anilines is 1. The smallest absolute Gasteiger partial charge is 0.325 e. The van der Waals surface area contributed by atoms with Crippen molar-refractivity contribution in [1.29, 1.82) is 5.26 Å². The maximum Gasteiger partial charge on any atom is 0.325 e. The number of urea groups is 1. The number of hydrogen-bond donors (Lipinski definition) is 2. The normalized spacial score (nSPS) is 16.2. The average molecular weight is 492 g/mol. The van der Waals surface area contributed by atoms with Crippen molar-refractivity contribution >= 4 is 45.3 Å². The van der Waals surface area contributed by atoms with Crippen LogP contribution >= 0.6 is 0 Å². The summed E-state index contributed by atoms with van der Waals surface area (Å²) in [6, 6.07) is 22.7. The Morgan fingerprint density at radius 3 is 2.49 bits per heavy atom. The molecule has 1 saturated heterocycles. The van der Waals surface area contributed by atoms with Crippen molar-refractivity contribution in [1.82, 2.24) is 14.8 Å². The number of hydrogen-bond acceptors (Lipinski definition) is 4. The lowest BCUT2D eigenvalue weighted by Gasteiger charge is -2.23. The number of aromatic nitrogens is 1. The number of fused-ring (bicyclic) bond motifs is 3. The zero-order valence-electron chi connectivity index (χ0n) is 20.3. The first-order valence-electron chi connectivity index (χ1n) is 12.1. The Bertz CT molecular complexity index is 1600. The lowest BCUT2D eigenvalue weighted by molar-refractivity contribution is -0.119. The van der Waals surface area contributed by atoms with Gasteiger partial charge in [-0.05, 0) is 48.9 Å². The number of allylic oxidation sites excluding steroid dienone is 1. The molecule has 37 heavy (non-hydrogen) atoms. The van der Waals surface area contributed by atoms with E-state index in [0.717, 1.165) is 28.4 Å². The van der Waals surface area contributed by atoms with Gasteiger partial charge in [0.15, 0.2) is 0 Å². The molecule has 0 spiro atoms. The summed E-state index contributed by atoms with van der Waals surface area (Å²) < 4.78 is 2.22. The van der Waals surface area contributed by atoms with Crippen molar-refractivity contribution in [2.75, 3.05) is 11.9 Å². The topological polar surface area (TPSA) is 107 Å². The molecule has 1 aliphatic rings. The molecule has 0 radical (unpaired) electrons. The number of imide groups is 1. The molecule has 0 bridgehead atoms. The van der Waals surface area contributed by atoms with Gasteiger partial charge in [-0.2, -0.15) is 5.26 Å². The number of amides is 4. The van der Waals surface area contributed by atoms with Gasteiger partial charge in [0.2, 0.25) is 5.91 Å². The SMILES string of the molecule is CCn1c2ccccc2c2cc(NC(=O)[C@@H]3CC(=CC#N)CN3C(=O)NC(=O)c3ccccc3)ccc21. The van der Waals surface area contributed by atoms with Crippen LogP contribution in [-0.4, -0.2) is 39.9 Å². The monoisotopic (exact) mass is 491 g/mol. The Hall–Kier alpha value is -4.90. The molecule has 4 amide bonds. The van der Waals surface area contributed by atoms with Gasteiger partial charge in [-0.25, -0.2) is 4.79 Å². The molecular formula is C29H25N5O3. The van der Waals surface area contributed by atoms with E-state index in [-0.39, 0.29) is 18.9 Å². The summed E-state index contributed by atoms with van der Waals surface area (Å²) in [4.78, 5) is 40.2. The predicted octanol–water partition coefficient (Wildman–Crippen LogP) is 4.83. The number of carbonyl (C=O) groups excluding carboxylic acids is 3. The molecule has 0 aliphatic carbocycles. The van der Waals surface area contributed by atoms with Gasteiger partial charge in [-0.1, -0.05) is 36.4 Å². The molecule has 4 aromatic rings. The highest BCUT2D eigenvalue weighted by Gasteiger charge is 2.37. The van der Waals surface area contributed by atoms with Crippen molar-refractivity contribution in [3.8, 4) is 6.07 Å². The minimum absolute atomic E-state index is 0.0859. The fourth-order valence-electron chi connectivity index (χ4n) is 4.92. The number of benzene rings is 3. The van der Waals surface area contributed by atoms with E-state index in [2.05, 4.69) is 34.3 Å². The maximum atomic E-state index is 13.4. The molecule has 3 aromatic carbocycles. The van der Waals surface area contributed by atoms with Crippen LogP contribution < -0.4 is 10.6 Å². The predicted molar refractivity (Wildman–Crippen MR) is 142 cm³/mol. The van der Waals surface area contributed by atoms with E-state index in [0.29, 0.717) is 16.8 Å². The van der Waals surface area contributed by atoms with Crippen LogP contribution in [0.3, 0.4) is 0 Å². The molecule has 1 aromatic heterocycles. The van der Waals surface area contributed by atoms with Crippen molar-refractivity contribution in [2.45, 2.75) is 25.9 Å². The third-order valence-corrected chi connectivity index (χ3v) is 6.65. The second-order valence-corrected chi connectivity index (χ2v) is 8.89. The summed E-state index contributed by atoms with van der Waals surface area (Å²) in [6.07, 6.45) is 1.56. The molecule has 8 heteroatoms. The molecule has 2 heterocycles. The zero-order valence-corrected chi connectivity index (χ0v) is 20.3. The number of aryl methyl sites for hydroxylation is 1. The number of likely N-dealkylation sites (tertiary alicyclic amines) is 1. The molecule has 2 N–H and O–H groups in total. The first-order valence-corrected chi connectivity index (χ1v) is 12.1. The van der Waals surface area contributed by atoms with Crippen LogP contribution in [0, 0.1) is 11.3 Å². The van der Waals surface area contributed by atoms with Crippen LogP contribution in [0.5, 0.6) is 0 Å². The molecule has 1 atom stereocenters. The number of nitrogens with zero attached hydrogens (tertiary/aromatic N) is 3. The first-order chi connectivity index (χ1) is 18.0. The van der Waals surface area contributed by atoms with Gasteiger partial charge in [-0.3, -0.25) is 14.9 Å². The Kier molecular flexibility index (Phi) is 6.43. The number of rotatable bonds is 4. The van der Waals surface area contributed by atoms with Crippen LogP contribution in [0.1, 0.15) is 23.7 Å². The Morgan fingerprint density at radius 1 is 1.00 bits per heavy atom. The van der Waals surface area contributed by atoms with Gasteiger partial charge in [0.1, 0.15) is 6.04 Å². The summed E-state index contributed by atoms with van der Waals surface area (Å²) >= 11 is 0. The average Bonchev–Trinajstić information content (AvgIpc) is 3.48. The van der Waals surface area contributed by atoms with Gasteiger partial charge >= 0.3 is 6.03 Å². The molecule has 1 aliphatic heterocycles. The van der Waals surface area contributed by atoms with E-state index in [9.17, 15) is 14.4 Å². The summed E-state index contributed by atoms with van der Waals surface area (Å²) in [5.41, 5.74) is 3.78. The fourth-order valence-corrected chi connectivity index (χ4v) is 4.92. The van der Waals surface area contributed by atoms with Crippen molar-refractivity contribution in [3.05, 3.63) is 90.0 Å². The molecule has 1 fully saturated rings. The van der Waals surface area contributed by atoms with Crippen LogP contribution in [0.4, 0.5) is 10.5 Å². The highest BCUT2D eigenvalue weighted by molar-refractivity contribution is 6.10. The molecular weight excluding hydrogens is 466 g/mol. The standard InChI is InChI=1S/C29H25N5O3/c1-2-33-24-11-7-6-10-22(24)23-17-21(12-13-25(23)33)31-28(36)26-16-19(14-15-30)18-34(26)29(37)32-27(35)20-8-4-3-5-9-20/h3-14,17,26H,2,16,18H2,1H3,(H,31,36)(H,32,35,37)/t26-/m0/s1. The Balaban J connectivity index is 1.39. The highest BCUT2D eigenvalue weighted by Crippen LogP contribution is 2.31. The Labute approximate surface area is 213 Å². The summed E-state index contributed by atoms with van der Waals surface area (Å²) in [5.74, 6) is -0.942. The summed E-state index contributed by atoms with van der Waals surface area (Å²) in [7, 11) is 0.